The smallest absolute Gasteiger partial charge is 0.0662 e. The number of benzene rings is 5. The average molecular weight is 568 g/mol. The molecule has 0 saturated carbocycles. The first kappa shape index (κ1) is 27.8. The van der Waals surface area contributed by atoms with Crippen LogP contribution in [0.25, 0.3) is 56.3 Å². The van der Waals surface area contributed by atoms with E-state index < -0.39 is 0 Å². The lowest BCUT2D eigenvalue weighted by Gasteiger charge is -2.18. The second-order valence-electron chi connectivity index (χ2n) is 11.9. The average Bonchev–Trinajstić information content (AvgIpc) is 3.08. The molecule has 5 aromatic carbocycles. The molecule has 44 heavy (non-hydrogen) atoms. The van der Waals surface area contributed by atoms with Crippen molar-refractivity contribution in [1.82, 2.24) is 0 Å². The number of fused-ring (bicyclic) bond motifs is 2. The minimum Gasteiger partial charge on any atom is -0.253 e. The molecule has 0 saturated heterocycles. The first-order chi connectivity index (χ1) is 21.6. The van der Waals surface area contributed by atoms with E-state index in [0.29, 0.717) is 0 Å². The van der Waals surface area contributed by atoms with Crippen LogP contribution in [-0.4, -0.2) is 5.71 Å². The van der Waals surface area contributed by atoms with E-state index in [2.05, 4.69) is 148 Å². The van der Waals surface area contributed by atoms with Crippen LogP contribution in [0.2, 0.25) is 0 Å². The summed E-state index contributed by atoms with van der Waals surface area (Å²) in [4.78, 5) is 4.96. The van der Waals surface area contributed by atoms with Crippen molar-refractivity contribution < 1.29 is 0 Å². The lowest BCUT2D eigenvalue weighted by molar-refractivity contribution is 1.02. The Labute approximate surface area is 260 Å². The first-order valence-corrected chi connectivity index (χ1v) is 15.7. The molecule has 2 aliphatic carbocycles. The van der Waals surface area contributed by atoms with E-state index >= 15 is 0 Å². The lowest BCUT2D eigenvalue weighted by Crippen LogP contribution is -2.31. The molecule has 2 aliphatic rings. The number of nitrogens with zero attached hydrogens (tertiary/aromatic N) is 1. The summed E-state index contributed by atoms with van der Waals surface area (Å²) < 4.78 is 0. The van der Waals surface area contributed by atoms with E-state index in [9.17, 15) is 0 Å². The van der Waals surface area contributed by atoms with Gasteiger partial charge in [-0.2, -0.15) is 0 Å². The predicted octanol–water partition coefficient (Wildman–Crippen LogP) is 10.4. The van der Waals surface area contributed by atoms with Crippen molar-refractivity contribution in [3.8, 4) is 33.4 Å². The van der Waals surface area contributed by atoms with Gasteiger partial charge in [0.15, 0.2) is 0 Å². The zero-order valence-corrected chi connectivity index (χ0v) is 25.6. The summed E-state index contributed by atoms with van der Waals surface area (Å²) in [6.45, 7) is 8.52. The van der Waals surface area contributed by atoms with Crippen molar-refractivity contribution in [1.29, 1.82) is 0 Å². The summed E-state index contributed by atoms with van der Waals surface area (Å²) in [7, 11) is 0. The Kier molecular flexibility index (Phi) is 7.54. The minimum absolute atomic E-state index is 0.964. The molecule has 0 amide bonds. The molecule has 0 bridgehead atoms. The monoisotopic (exact) mass is 567 g/mol. The highest BCUT2D eigenvalue weighted by atomic mass is 14.7. The molecule has 5 aromatic rings. The van der Waals surface area contributed by atoms with E-state index in [-0.39, 0.29) is 0 Å². The summed E-state index contributed by atoms with van der Waals surface area (Å²) >= 11 is 0. The molecular formula is C43H37N. The quantitative estimate of drug-likeness (QED) is 0.181. The third-order valence-electron chi connectivity index (χ3n) is 8.99. The fourth-order valence-electron chi connectivity index (χ4n) is 6.67. The summed E-state index contributed by atoms with van der Waals surface area (Å²) in [6, 6.07) is 35.4. The van der Waals surface area contributed by atoms with Gasteiger partial charge in [-0.05, 0) is 123 Å². The maximum absolute atomic E-state index is 4.96. The molecule has 0 heterocycles. The van der Waals surface area contributed by atoms with E-state index in [0.717, 1.165) is 48.2 Å². The molecule has 214 valence electrons. The minimum atomic E-state index is 0.964. The number of rotatable bonds is 6. The SMILES string of the molecule is C=C(C1=CCCC=C1)/C(C)=N\c1ccc(-c2ccc(-c3c4c(c(-c5ccccc5)c5ccccc35)=CCCC=4)cc2)cc1C. The van der Waals surface area contributed by atoms with Gasteiger partial charge < -0.3 is 0 Å². The molecule has 0 aromatic heterocycles. The van der Waals surface area contributed by atoms with E-state index in [4.69, 9.17) is 4.99 Å². The molecular weight excluding hydrogens is 530 g/mol. The van der Waals surface area contributed by atoms with Crippen molar-refractivity contribution in [3.63, 3.8) is 0 Å². The standard InChI is InChI=1S/C43H37N/c1-29-28-36(26-27-41(29)44-31(3)30(2)32-14-6-4-7-15-32)33-22-24-35(25-23-33)43-39-20-12-10-18-37(39)42(34-16-8-5-9-17-34)38-19-11-13-21-40(38)43/h5-6,8-10,12,14-28H,2,4,7,11,13H2,1,3H3/b44-31-. The molecule has 0 unspecified atom stereocenters. The fraction of sp³-hybridized carbons (Fsp3) is 0.140. The van der Waals surface area contributed by atoms with Crippen molar-refractivity contribution in [2.45, 2.75) is 39.5 Å². The molecule has 0 atom stereocenters. The third kappa shape index (κ3) is 5.20. The van der Waals surface area contributed by atoms with E-state index in [1.807, 2.05) is 0 Å². The van der Waals surface area contributed by atoms with Gasteiger partial charge >= 0.3 is 0 Å². The van der Waals surface area contributed by atoms with Gasteiger partial charge in [0, 0.05) is 5.71 Å². The number of aliphatic imine (C=N–C) groups is 1. The highest BCUT2D eigenvalue weighted by Crippen LogP contribution is 2.34. The van der Waals surface area contributed by atoms with Crippen LogP contribution in [0, 0.1) is 6.92 Å². The maximum atomic E-state index is 4.96. The summed E-state index contributed by atoms with van der Waals surface area (Å²) in [5.74, 6) is 0. The second kappa shape index (κ2) is 11.9. The zero-order valence-electron chi connectivity index (χ0n) is 25.6. The molecule has 1 heteroatoms. The maximum Gasteiger partial charge on any atom is 0.0662 e. The van der Waals surface area contributed by atoms with Gasteiger partial charge in [-0.25, -0.2) is 0 Å². The van der Waals surface area contributed by atoms with Gasteiger partial charge in [0.25, 0.3) is 0 Å². The van der Waals surface area contributed by atoms with Crippen LogP contribution in [-0.2, 0) is 0 Å². The largest absolute Gasteiger partial charge is 0.253 e. The van der Waals surface area contributed by atoms with Crippen molar-refractivity contribution >= 4 is 34.3 Å². The van der Waals surface area contributed by atoms with Crippen LogP contribution < -0.4 is 10.4 Å². The molecule has 7 rings (SSSR count). The molecule has 0 N–H and O–H groups in total. The predicted molar refractivity (Wildman–Crippen MR) is 191 cm³/mol. The third-order valence-corrected chi connectivity index (χ3v) is 8.99. The summed E-state index contributed by atoms with van der Waals surface area (Å²) in [5, 5.41) is 5.33. The first-order valence-electron chi connectivity index (χ1n) is 15.7. The fourth-order valence-corrected chi connectivity index (χ4v) is 6.67. The zero-order chi connectivity index (χ0) is 30.0. The van der Waals surface area contributed by atoms with Gasteiger partial charge in [0.2, 0.25) is 0 Å². The Hall–Kier alpha value is -5.01. The van der Waals surface area contributed by atoms with Gasteiger partial charge in [0.1, 0.15) is 0 Å². The Balaban J connectivity index is 1.26. The van der Waals surface area contributed by atoms with Gasteiger partial charge in [0.05, 0.1) is 5.69 Å². The molecule has 1 nitrogen and oxygen atoms in total. The second-order valence-corrected chi connectivity index (χ2v) is 11.9. The molecule has 0 fully saturated rings. The van der Waals surface area contributed by atoms with Crippen LogP contribution in [0.5, 0.6) is 0 Å². The van der Waals surface area contributed by atoms with Crippen molar-refractivity contribution in [2.24, 2.45) is 4.99 Å². The van der Waals surface area contributed by atoms with Crippen LogP contribution in [0.3, 0.4) is 0 Å². The molecule has 0 aliphatic heterocycles. The van der Waals surface area contributed by atoms with Crippen molar-refractivity contribution in [3.05, 3.63) is 149 Å². The normalized spacial score (nSPS) is 14.4. The Morgan fingerprint density at radius 2 is 1.18 bits per heavy atom. The highest BCUT2D eigenvalue weighted by Gasteiger charge is 2.16. The number of allylic oxidation sites excluding steroid dienone is 5. The Morgan fingerprint density at radius 1 is 0.614 bits per heavy atom. The van der Waals surface area contributed by atoms with Crippen LogP contribution in [0.1, 0.15) is 38.2 Å². The van der Waals surface area contributed by atoms with Gasteiger partial charge in [-0.15, -0.1) is 0 Å². The highest BCUT2D eigenvalue weighted by molar-refractivity contribution is 6.06. The Bertz CT molecular complexity index is 2120. The molecule has 0 spiro atoms. The number of hydrogen-bond donors (Lipinski definition) is 0. The van der Waals surface area contributed by atoms with Crippen LogP contribution in [0.15, 0.2) is 138 Å². The van der Waals surface area contributed by atoms with Gasteiger partial charge in [-0.3, -0.25) is 4.99 Å². The summed E-state index contributed by atoms with van der Waals surface area (Å²) in [5.41, 5.74) is 12.9. The van der Waals surface area contributed by atoms with Crippen LogP contribution in [0.4, 0.5) is 5.69 Å². The molecule has 0 radical (unpaired) electrons. The van der Waals surface area contributed by atoms with Gasteiger partial charge in [-0.1, -0.05) is 122 Å². The summed E-state index contributed by atoms with van der Waals surface area (Å²) in [6.07, 6.45) is 15.8. The topological polar surface area (TPSA) is 12.4 Å². The van der Waals surface area contributed by atoms with Crippen LogP contribution >= 0.6 is 0 Å². The Morgan fingerprint density at radius 3 is 1.80 bits per heavy atom. The lowest BCUT2D eigenvalue weighted by atomic mass is 9.86. The number of hydrogen-bond acceptors (Lipinski definition) is 1. The van der Waals surface area contributed by atoms with E-state index in [1.54, 1.807) is 0 Å². The van der Waals surface area contributed by atoms with E-state index in [1.165, 1.54) is 60.2 Å². The number of aryl methyl sites for hydroxylation is 1. The van der Waals surface area contributed by atoms with Crippen molar-refractivity contribution in [2.75, 3.05) is 0 Å².